The van der Waals surface area contributed by atoms with Crippen LogP contribution in [-0.2, 0) is 14.6 Å². The number of carbonyl (C=O) groups is 1. The number of amides is 1. The Hall–Kier alpha value is -1.37. The Bertz CT molecular complexity index is 548. The molecule has 100 valence electrons. The zero-order valence-corrected chi connectivity index (χ0v) is 11.3. The Labute approximate surface area is 106 Å². The van der Waals surface area contributed by atoms with Crippen molar-refractivity contribution >= 4 is 21.6 Å². The normalized spacial score (nSPS) is 22.3. The molecule has 1 aliphatic heterocycles. The zero-order valence-electron chi connectivity index (χ0n) is 10.4. The number of nitrogens with zero attached hydrogens (tertiary/aromatic N) is 1. The lowest BCUT2D eigenvalue weighted by atomic mass is 10.1. The number of carbonyl (C=O) groups excluding carboxylic acids is 1. The molecule has 0 saturated carbocycles. The number of aromatic amines is 1. The van der Waals surface area contributed by atoms with E-state index in [0.29, 0.717) is 18.2 Å². The number of H-pyrrole nitrogens is 1. The molecule has 0 spiro atoms. The molecule has 1 amide bonds. The van der Waals surface area contributed by atoms with Crippen LogP contribution in [0.4, 0.5) is 5.82 Å². The number of rotatable bonds is 3. The molecule has 2 N–H and O–H groups in total. The van der Waals surface area contributed by atoms with E-state index in [1.54, 1.807) is 6.07 Å². The molecule has 2 heterocycles. The van der Waals surface area contributed by atoms with E-state index in [0.717, 1.165) is 5.69 Å². The topological polar surface area (TPSA) is 91.9 Å². The van der Waals surface area contributed by atoms with Crippen LogP contribution in [0.3, 0.4) is 0 Å². The molecule has 1 unspecified atom stereocenters. The SMILES string of the molecule is CC(C)c1cc(NC(=O)C2CCS(=O)(=O)C2)n[nH]1. The predicted octanol–water partition coefficient (Wildman–Crippen LogP) is 0.906. The first-order valence-corrected chi connectivity index (χ1v) is 7.76. The van der Waals surface area contributed by atoms with E-state index in [1.807, 2.05) is 13.8 Å². The standard InChI is InChI=1S/C11H17N3O3S/c1-7(2)9-5-10(14-13-9)12-11(15)8-3-4-18(16,17)6-8/h5,7-8H,3-4,6H2,1-2H3,(H2,12,13,14,15). The lowest BCUT2D eigenvalue weighted by Gasteiger charge is -2.06. The monoisotopic (exact) mass is 271 g/mol. The minimum atomic E-state index is -3.03. The van der Waals surface area contributed by atoms with Gasteiger partial charge in [-0.05, 0) is 12.3 Å². The molecule has 1 aromatic heterocycles. The van der Waals surface area contributed by atoms with Gasteiger partial charge in [0.2, 0.25) is 5.91 Å². The van der Waals surface area contributed by atoms with Gasteiger partial charge in [0.1, 0.15) is 0 Å². The van der Waals surface area contributed by atoms with Crippen LogP contribution in [0.5, 0.6) is 0 Å². The highest BCUT2D eigenvalue weighted by Crippen LogP contribution is 2.21. The molecule has 0 aromatic carbocycles. The van der Waals surface area contributed by atoms with Crippen LogP contribution in [0, 0.1) is 5.92 Å². The van der Waals surface area contributed by atoms with E-state index >= 15 is 0 Å². The molecule has 0 aliphatic carbocycles. The summed E-state index contributed by atoms with van der Waals surface area (Å²) < 4.78 is 22.6. The predicted molar refractivity (Wildman–Crippen MR) is 68.1 cm³/mol. The van der Waals surface area contributed by atoms with Crippen molar-refractivity contribution in [3.05, 3.63) is 11.8 Å². The van der Waals surface area contributed by atoms with Gasteiger partial charge >= 0.3 is 0 Å². The van der Waals surface area contributed by atoms with Crippen molar-refractivity contribution in [1.29, 1.82) is 0 Å². The number of aromatic nitrogens is 2. The first-order valence-electron chi connectivity index (χ1n) is 5.94. The maximum Gasteiger partial charge on any atom is 0.229 e. The van der Waals surface area contributed by atoms with Gasteiger partial charge in [0, 0.05) is 11.8 Å². The fourth-order valence-electron chi connectivity index (χ4n) is 1.93. The van der Waals surface area contributed by atoms with E-state index in [-0.39, 0.29) is 17.4 Å². The van der Waals surface area contributed by atoms with E-state index in [9.17, 15) is 13.2 Å². The summed E-state index contributed by atoms with van der Waals surface area (Å²) in [5.74, 6) is 0.0820. The Morgan fingerprint density at radius 1 is 1.56 bits per heavy atom. The lowest BCUT2D eigenvalue weighted by Crippen LogP contribution is -2.23. The van der Waals surface area contributed by atoms with Gasteiger partial charge in [-0.2, -0.15) is 5.10 Å². The molecular formula is C11H17N3O3S. The third-order valence-corrected chi connectivity index (χ3v) is 4.84. The summed E-state index contributed by atoms with van der Waals surface area (Å²) in [5.41, 5.74) is 0.935. The van der Waals surface area contributed by atoms with E-state index < -0.39 is 15.8 Å². The van der Waals surface area contributed by atoms with Crippen LogP contribution in [0.15, 0.2) is 6.07 Å². The highest BCUT2D eigenvalue weighted by Gasteiger charge is 2.33. The van der Waals surface area contributed by atoms with E-state index in [2.05, 4.69) is 15.5 Å². The molecule has 7 heteroatoms. The van der Waals surface area contributed by atoms with Crippen molar-refractivity contribution in [3.63, 3.8) is 0 Å². The summed E-state index contributed by atoms with van der Waals surface area (Å²) in [6.45, 7) is 4.03. The average Bonchev–Trinajstić information content (AvgIpc) is 2.84. The molecule has 1 atom stereocenters. The summed E-state index contributed by atoms with van der Waals surface area (Å²) in [6, 6.07) is 1.77. The van der Waals surface area contributed by atoms with Crippen LogP contribution in [0.2, 0.25) is 0 Å². The largest absolute Gasteiger partial charge is 0.309 e. The third-order valence-electron chi connectivity index (χ3n) is 3.07. The summed E-state index contributed by atoms with van der Waals surface area (Å²) in [4.78, 5) is 11.9. The third kappa shape index (κ3) is 2.90. The molecule has 0 bridgehead atoms. The van der Waals surface area contributed by atoms with Gasteiger partial charge in [-0.1, -0.05) is 13.8 Å². The fourth-order valence-corrected chi connectivity index (χ4v) is 3.67. The molecule has 1 aliphatic rings. The van der Waals surface area contributed by atoms with Gasteiger partial charge in [-0.3, -0.25) is 9.89 Å². The lowest BCUT2D eigenvalue weighted by molar-refractivity contribution is -0.119. The quantitative estimate of drug-likeness (QED) is 0.854. The number of hydrogen-bond acceptors (Lipinski definition) is 4. The first-order chi connectivity index (χ1) is 8.37. The second-order valence-corrected chi connectivity index (χ2v) is 7.18. The van der Waals surface area contributed by atoms with Gasteiger partial charge in [-0.15, -0.1) is 0 Å². The smallest absolute Gasteiger partial charge is 0.229 e. The summed E-state index contributed by atoms with van der Waals surface area (Å²) >= 11 is 0. The van der Waals surface area contributed by atoms with Crippen molar-refractivity contribution in [2.75, 3.05) is 16.8 Å². The molecule has 1 saturated heterocycles. The molecule has 2 rings (SSSR count). The Morgan fingerprint density at radius 2 is 2.28 bits per heavy atom. The maximum atomic E-state index is 11.9. The first kappa shape index (κ1) is 13.1. The summed E-state index contributed by atoms with van der Waals surface area (Å²) in [5, 5.41) is 9.46. The molecule has 18 heavy (non-hydrogen) atoms. The van der Waals surface area contributed by atoms with Gasteiger partial charge in [0.15, 0.2) is 15.7 Å². The van der Waals surface area contributed by atoms with Crippen molar-refractivity contribution in [3.8, 4) is 0 Å². The molecule has 1 fully saturated rings. The highest BCUT2D eigenvalue weighted by atomic mass is 32.2. The van der Waals surface area contributed by atoms with Gasteiger partial charge < -0.3 is 5.32 Å². The average molecular weight is 271 g/mol. The van der Waals surface area contributed by atoms with Crippen LogP contribution in [0.25, 0.3) is 0 Å². The Balaban J connectivity index is 1.99. The van der Waals surface area contributed by atoms with E-state index in [4.69, 9.17) is 0 Å². The zero-order chi connectivity index (χ0) is 13.3. The highest BCUT2D eigenvalue weighted by molar-refractivity contribution is 7.91. The molecule has 6 nitrogen and oxygen atoms in total. The van der Waals surface area contributed by atoms with Gasteiger partial charge in [0.25, 0.3) is 0 Å². The number of nitrogens with one attached hydrogen (secondary N) is 2. The van der Waals surface area contributed by atoms with Crippen LogP contribution < -0.4 is 5.32 Å². The van der Waals surface area contributed by atoms with E-state index in [1.165, 1.54) is 0 Å². The van der Waals surface area contributed by atoms with Crippen LogP contribution in [-0.4, -0.2) is 36.0 Å². The summed E-state index contributed by atoms with van der Waals surface area (Å²) in [6.07, 6.45) is 0.398. The number of anilines is 1. The van der Waals surface area contributed by atoms with Crippen molar-refractivity contribution in [2.24, 2.45) is 5.92 Å². The summed E-state index contributed by atoms with van der Waals surface area (Å²) in [7, 11) is -3.03. The van der Waals surface area contributed by atoms with Crippen LogP contribution >= 0.6 is 0 Å². The van der Waals surface area contributed by atoms with Gasteiger partial charge in [-0.25, -0.2) is 8.42 Å². The molecule has 0 radical (unpaired) electrons. The fraction of sp³-hybridized carbons (Fsp3) is 0.636. The Morgan fingerprint density at radius 3 is 2.78 bits per heavy atom. The molecule has 1 aromatic rings. The number of hydrogen-bond donors (Lipinski definition) is 2. The van der Waals surface area contributed by atoms with Crippen molar-refractivity contribution in [1.82, 2.24) is 10.2 Å². The van der Waals surface area contributed by atoms with Crippen molar-refractivity contribution < 1.29 is 13.2 Å². The Kier molecular flexibility index (Phi) is 3.43. The minimum absolute atomic E-state index is 0.0553. The van der Waals surface area contributed by atoms with Gasteiger partial charge in [0.05, 0.1) is 17.4 Å². The second-order valence-electron chi connectivity index (χ2n) is 4.95. The van der Waals surface area contributed by atoms with Crippen LogP contribution in [0.1, 0.15) is 31.9 Å². The maximum absolute atomic E-state index is 11.9. The minimum Gasteiger partial charge on any atom is -0.309 e. The number of sulfone groups is 1. The van der Waals surface area contributed by atoms with Crippen molar-refractivity contribution in [2.45, 2.75) is 26.2 Å². The molecular weight excluding hydrogens is 254 g/mol. The second kappa shape index (κ2) is 4.72.